The van der Waals surface area contributed by atoms with Crippen molar-refractivity contribution in [3.05, 3.63) is 122 Å². The zero-order chi connectivity index (χ0) is 44.2. The molecule has 12 heteroatoms. The lowest BCUT2D eigenvalue weighted by Crippen LogP contribution is -2.29. The standard InChI is InChI=1S/C48H75O11P/c1-3-5-7-9-11-13-15-17-18-19-20-22-24-26-28-30-34-39-48(53)59-46(43-58-60(54,55)57-41-45(51)40-49)42-56-47(52)38-35-31-33-37-44(50)36-32-29-27-25-23-21-16-14-12-10-8-6-4-2/h5-8,11-14,17-18,20-23,27,29,31-33,36,44-46,49-51H,3-4,9-10,15-16,19,24-26,28,30,34-35,37-43H2,1-2H3,(H,54,55)/b7-5-,8-6-,13-11-,14-12-,18-17-,22-20-,23-21-,29-27-,33-31-,36-32-/t44?,45-,46+/m0/s1. The van der Waals surface area contributed by atoms with Crippen molar-refractivity contribution in [2.45, 2.75) is 141 Å². The van der Waals surface area contributed by atoms with Crippen molar-refractivity contribution in [1.29, 1.82) is 0 Å². The number of unbranched alkanes of at least 4 members (excludes halogenated alkanes) is 4. The number of hydrogen-bond acceptors (Lipinski definition) is 10. The lowest BCUT2D eigenvalue weighted by atomic mass is 10.1. The van der Waals surface area contributed by atoms with Crippen LogP contribution in [0, 0.1) is 0 Å². The number of rotatable bonds is 38. The number of esters is 2. The van der Waals surface area contributed by atoms with E-state index in [-0.39, 0.29) is 12.8 Å². The molecule has 0 aromatic heterocycles. The second-order valence-corrected chi connectivity index (χ2v) is 15.3. The molecule has 0 spiro atoms. The number of carbonyl (C=O) groups excluding carboxylic acids is 2. The van der Waals surface area contributed by atoms with Gasteiger partial charge >= 0.3 is 19.8 Å². The SMILES string of the molecule is CC/C=C\C/C=C\C/C=C\C/C=C\C=C/C(O)C/C=C\CCC(=O)OC[C@H](COP(=O)(O)OC[C@@H](O)CO)OC(=O)CCCCCC/C=C\C/C=C\C/C=C\C/C=C\CC. The Morgan fingerprint density at radius 1 is 0.567 bits per heavy atom. The number of ether oxygens (including phenoxy) is 2. The van der Waals surface area contributed by atoms with Gasteiger partial charge in [-0.3, -0.25) is 18.6 Å². The van der Waals surface area contributed by atoms with E-state index < -0.39 is 64.5 Å². The number of hydrogen-bond donors (Lipinski definition) is 4. The molecule has 0 aromatic rings. The van der Waals surface area contributed by atoms with Crippen LogP contribution in [0.3, 0.4) is 0 Å². The Bertz CT molecular complexity index is 1420. The Kier molecular flexibility index (Phi) is 39.5. The summed E-state index contributed by atoms with van der Waals surface area (Å²) in [5.41, 5.74) is 0. The molecule has 0 heterocycles. The predicted molar refractivity (Wildman–Crippen MR) is 243 cm³/mol. The largest absolute Gasteiger partial charge is 0.472 e. The van der Waals surface area contributed by atoms with Crippen LogP contribution in [0.5, 0.6) is 0 Å². The lowest BCUT2D eigenvalue weighted by molar-refractivity contribution is -0.161. The van der Waals surface area contributed by atoms with Crippen LogP contribution in [0.1, 0.15) is 123 Å². The van der Waals surface area contributed by atoms with Crippen molar-refractivity contribution in [3.8, 4) is 0 Å². The summed E-state index contributed by atoms with van der Waals surface area (Å²) in [7, 11) is -4.68. The highest BCUT2D eigenvalue weighted by molar-refractivity contribution is 7.47. The van der Waals surface area contributed by atoms with Crippen LogP contribution in [0.15, 0.2) is 122 Å². The van der Waals surface area contributed by atoms with Crippen LogP contribution < -0.4 is 0 Å². The Morgan fingerprint density at radius 3 is 1.67 bits per heavy atom. The first-order valence-electron chi connectivity index (χ1n) is 21.6. The molecule has 0 fully saturated rings. The Balaban J connectivity index is 4.58. The minimum absolute atomic E-state index is 0.0213. The fourth-order valence-corrected chi connectivity index (χ4v) is 5.71. The minimum atomic E-state index is -4.68. The summed E-state index contributed by atoms with van der Waals surface area (Å²) in [5.74, 6) is -1.15. The molecule has 0 aromatic carbocycles. The van der Waals surface area contributed by atoms with Gasteiger partial charge in [0.15, 0.2) is 6.10 Å². The average molecular weight is 859 g/mol. The second-order valence-electron chi connectivity index (χ2n) is 13.8. The first-order chi connectivity index (χ1) is 29.1. The Labute approximate surface area is 360 Å². The lowest BCUT2D eigenvalue weighted by Gasteiger charge is -2.20. The van der Waals surface area contributed by atoms with Crippen molar-refractivity contribution in [2.75, 3.05) is 26.4 Å². The molecular formula is C48H75O11P. The van der Waals surface area contributed by atoms with Gasteiger partial charge in [-0.05, 0) is 83.5 Å². The highest BCUT2D eigenvalue weighted by Crippen LogP contribution is 2.43. The van der Waals surface area contributed by atoms with Crippen molar-refractivity contribution in [3.63, 3.8) is 0 Å². The zero-order valence-corrected chi connectivity index (χ0v) is 37.1. The highest BCUT2D eigenvalue weighted by Gasteiger charge is 2.27. The van der Waals surface area contributed by atoms with Gasteiger partial charge in [-0.2, -0.15) is 0 Å². The van der Waals surface area contributed by atoms with Gasteiger partial charge < -0.3 is 29.7 Å². The number of phosphoric acid groups is 1. The summed E-state index contributed by atoms with van der Waals surface area (Å²) in [6, 6.07) is 0. The third-order valence-corrected chi connectivity index (χ3v) is 9.16. The number of allylic oxidation sites excluding steroid dienone is 18. The summed E-state index contributed by atoms with van der Waals surface area (Å²) in [6.45, 7) is 1.89. The molecule has 0 saturated heterocycles. The summed E-state index contributed by atoms with van der Waals surface area (Å²) in [5, 5.41) is 28.5. The monoisotopic (exact) mass is 859 g/mol. The van der Waals surface area contributed by atoms with Crippen LogP contribution in [0.4, 0.5) is 0 Å². The summed E-state index contributed by atoms with van der Waals surface area (Å²) < 4.78 is 32.5. The van der Waals surface area contributed by atoms with E-state index in [2.05, 4.69) is 103 Å². The number of phosphoric ester groups is 1. The molecule has 4 N–H and O–H groups in total. The van der Waals surface area contributed by atoms with E-state index >= 15 is 0 Å². The van der Waals surface area contributed by atoms with Gasteiger partial charge in [0, 0.05) is 12.8 Å². The quantitative estimate of drug-likeness (QED) is 0.0153. The van der Waals surface area contributed by atoms with Crippen LogP contribution in [-0.4, -0.2) is 76.9 Å². The molecule has 60 heavy (non-hydrogen) atoms. The average Bonchev–Trinajstić information content (AvgIpc) is 3.23. The van der Waals surface area contributed by atoms with Gasteiger partial charge in [-0.1, -0.05) is 148 Å². The van der Waals surface area contributed by atoms with Gasteiger partial charge in [0.1, 0.15) is 12.7 Å². The molecule has 0 aliphatic rings. The first-order valence-corrected chi connectivity index (χ1v) is 23.1. The first kappa shape index (κ1) is 56.3. The third kappa shape index (κ3) is 41.1. The van der Waals surface area contributed by atoms with E-state index in [1.807, 2.05) is 12.2 Å². The van der Waals surface area contributed by atoms with Crippen LogP contribution in [0.25, 0.3) is 0 Å². The molecule has 0 radical (unpaired) electrons. The van der Waals surface area contributed by atoms with E-state index in [1.165, 1.54) is 0 Å². The molecule has 0 saturated carbocycles. The Hall–Kier alpha value is -3.67. The van der Waals surface area contributed by atoms with E-state index in [4.69, 9.17) is 19.1 Å². The molecule has 2 unspecified atom stereocenters. The number of carbonyl (C=O) groups is 2. The summed E-state index contributed by atoms with van der Waals surface area (Å²) in [4.78, 5) is 35.0. The fraction of sp³-hybridized carbons (Fsp3) is 0.542. The summed E-state index contributed by atoms with van der Waals surface area (Å²) >= 11 is 0. The number of aliphatic hydroxyl groups excluding tert-OH is 3. The zero-order valence-electron chi connectivity index (χ0n) is 36.2. The van der Waals surface area contributed by atoms with E-state index in [0.29, 0.717) is 19.3 Å². The smallest absolute Gasteiger partial charge is 0.462 e. The Morgan fingerprint density at radius 2 is 1.08 bits per heavy atom. The number of aliphatic hydroxyl groups is 3. The highest BCUT2D eigenvalue weighted by atomic mass is 31.2. The second kappa shape index (κ2) is 42.0. The normalized spacial score (nSPS) is 15.5. The van der Waals surface area contributed by atoms with Crippen molar-refractivity contribution >= 4 is 19.8 Å². The molecule has 0 aliphatic heterocycles. The molecule has 4 atom stereocenters. The van der Waals surface area contributed by atoms with Gasteiger partial charge in [-0.25, -0.2) is 4.57 Å². The van der Waals surface area contributed by atoms with Gasteiger partial charge in [-0.15, -0.1) is 0 Å². The van der Waals surface area contributed by atoms with Crippen molar-refractivity contribution < 1.29 is 52.9 Å². The van der Waals surface area contributed by atoms with Gasteiger partial charge in [0.05, 0.1) is 25.9 Å². The van der Waals surface area contributed by atoms with E-state index in [1.54, 1.807) is 24.3 Å². The van der Waals surface area contributed by atoms with Gasteiger partial charge in [0.2, 0.25) is 0 Å². The van der Waals surface area contributed by atoms with Gasteiger partial charge in [0.25, 0.3) is 0 Å². The molecule has 0 bridgehead atoms. The van der Waals surface area contributed by atoms with Crippen LogP contribution in [0.2, 0.25) is 0 Å². The molecule has 11 nitrogen and oxygen atoms in total. The molecule has 0 amide bonds. The van der Waals surface area contributed by atoms with E-state index in [0.717, 1.165) is 77.0 Å². The van der Waals surface area contributed by atoms with E-state index in [9.17, 15) is 29.3 Å². The topological polar surface area (TPSA) is 169 Å². The molecule has 0 rings (SSSR count). The van der Waals surface area contributed by atoms with Crippen molar-refractivity contribution in [2.24, 2.45) is 0 Å². The third-order valence-electron chi connectivity index (χ3n) is 8.21. The molecule has 0 aliphatic carbocycles. The van der Waals surface area contributed by atoms with Crippen molar-refractivity contribution in [1.82, 2.24) is 0 Å². The maximum absolute atomic E-state index is 12.6. The van der Waals surface area contributed by atoms with Crippen LogP contribution >= 0.6 is 7.82 Å². The summed E-state index contributed by atoms with van der Waals surface area (Å²) in [6.07, 6.45) is 50.5. The maximum atomic E-state index is 12.6. The van der Waals surface area contributed by atoms with Crippen LogP contribution in [-0.2, 0) is 32.7 Å². The fourth-order valence-electron chi connectivity index (χ4n) is 4.92. The molecule has 338 valence electrons. The predicted octanol–water partition coefficient (Wildman–Crippen LogP) is 10.5. The maximum Gasteiger partial charge on any atom is 0.472 e. The minimum Gasteiger partial charge on any atom is -0.462 e. The molecular weight excluding hydrogens is 783 g/mol.